The molecule has 0 amide bonds. The summed E-state index contributed by atoms with van der Waals surface area (Å²) in [5.74, 6) is 0.204. The summed E-state index contributed by atoms with van der Waals surface area (Å²) in [5.41, 5.74) is 0.689. The molecule has 3 rings (SSSR count). The van der Waals surface area contributed by atoms with E-state index in [2.05, 4.69) is 5.32 Å². The highest BCUT2D eigenvalue weighted by Crippen LogP contribution is 2.41. The zero-order valence-corrected chi connectivity index (χ0v) is 11.8. The van der Waals surface area contributed by atoms with E-state index in [1.54, 1.807) is 6.07 Å². The molecule has 1 aromatic rings. The molecule has 104 valence electrons. The lowest BCUT2D eigenvalue weighted by Crippen LogP contribution is -2.40. The summed E-state index contributed by atoms with van der Waals surface area (Å²) in [6, 6.07) is 5.48. The van der Waals surface area contributed by atoms with Gasteiger partial charge in [-0.3, -0.25) is 0 Å². The van der Waals surface area contributed by atoms with Crippen molar-refractivity contribution < 1.29 is 9.13 Å². The number of benzene rings is 1. The Kier molecular flexibility index (Phi) is 3.79. The molecule has 2 heterocycles. The molecule has 4 atom stereocenters. The highest BCUT2D eigenvalue weighted by Gasteiger charge is 2.43. The predicted octanol–water partition coefficient (Wildman–Crippen LogP) is 3.18. The van der Waals surface area contributed by atoms with Crippen LogP contribution in [0.15, 0.2) is 18.2 Å². The Morgan fingerprint density at radius 3 is 2.95 bits per heavy atom. The van der Waals surface area contributed by atoms with Gasteiger partial charge < -0.3 is 10.1 Å². The van der Waals surface area contributed by atoms with Crippen LogP contribution in [0.2, 0.25) is 5.02 Å². The molecule has 19 heavy (non-hydrogen) atoms. The van der Waals surface area contributed by atoms with Crippen molar-refractivity contribution in [3.8, 4) is 0 Å². The van der Waals surface area contributed by atoms with E-state index >= 15 is 0 Å². The first-order valence-electron chi connectivity index (χ1n) is 6.94. The molecule has 2 bridgehead atoms. The van der Waals surface area contributed by atoms with Gasteiger partial charge in [-0.1, -0.05) is 23.7 Å². The normalized spacial score (nSPS) is 30.8. The average molecular weight is 284 g/mol. The van der Waals surface area contributed by atoms with E-state index < -0.39 is 0 Å². The molecule has 0 aromatic heterocycles. The lowest BCUT2D eigenvalue weighted by atomic mass is 9.81. The van der Waals surface area contributed by atoms with Gasteiger partial charge in [0, 0.05) is 12.0 Å². The van der Waals surface area contributed by atoms with Crippen molar-refractivity contribution in [1.29, 1.82) is 0 Å². The summed E-state index contributed by atoms with van der Waals surface area (Å²) in [6.45, 7) is 0. The number of hydrogen-bond acceptors (Lipinski definition) is 2. The van der Waals surface area contributed by atoms with Crippen molar-refractivity contribution in [2.75, 3.05) is 7.05 Å². The molecule has 0 saturated carbocycles. The lowest BCUT2D eigenvalue weighted by Gasteiger charge is -2.28. The van der Waals surface area contributed by atoms with Crippen molar-refractivity contribution in [2.24, 2.45) is 5.92 Å². The van der Waals surface area contributed by atoms with Crippen LogP contribution in [0.5, 0.6) is 0 Å². The molecule has 2 saturated heterocycles. The quantitative estimate of drug-likeness (QED) is 0.916. The predicted molar refractivity (Wildman–Crippen MR) is 74.0 cm³/mol. The van der Waals surface area contributed by atoms with Crippen LogP contribution in [0.3, 0.4) is 0 Å². The van der Waals surface area contributed by atoms with Crippen molar-refractivity contribution >= 4 is 11.6 Å². The number of rotatable bonds is 4. The van der Waals surface area contributed by atoms with Crippen LogP contribution in [0, 0.1) is 11.7 Å². The molecule has 0 radical (unpaired) electrons. The van der Waals surface area contributed by atoms with E-state index in [1.165, 1.54) is 6.42 Å². The van der Waals surface area contributed by atoms with Crippen LogP contribution in [-0.4, -0.2) is 25.3 Å². The summed E-state index contributed by atoms with van der Waals surface area (Å²) >= 11 is 5.84. The Hall–Kier alpha value is -0.640. The second-order valence-electron chi connectivity index (χ2n) is 5.59. The van der Waals surface area contributed by atoms with Gasteiger partial charge in [0.1, 0.15) is 5.82 Å². The third kappa shape index (κ3) is 2.51. The summed E-state index contributed by atoms with van der Waals surface area (Å²) in [6.07, 6.45) is 4.87. The lowest BCUT2D eigenvalue weighted by molar-refractivity contribution is 0.0862. The molecule has 2 nitrogen and oxygen atoms in total. The van der Waals surface area contributed by atoms with Gasteiger partial charge in [0.2, 0.25) is 0 Å². The first-order chi connectivity index (χ1) is 9.19. The molecule has 1 aromatic carbocycles. The van der Waals surface area contributed by atoms with Crippen molar-refractivity contribution in [3.05, 3.63) is 34.6 Å². The Bertz CT molecular complexity index is 467. The van der Waals surface area contributed by atoms with Crippen LogP contribution in [-0.2, 0) is 11.2 Å². The standard InChI is InChI=1S/C15H19ClFNO/c1-18-13(11-8-10-5-6-14(11)19-10)7-9-3-2-4-12(16)15(9)17/h2-4,10-11,13-14,18H,5-8H2,1H3. The van der Waals surface area contributed by atoms with Gasteiger partial charge >= 0.3 is 0 Å². The van der Waals surface area contributed by atoms with Gasteiger partial charge in [-0.15, -0.1) is 0 Å². The summed E-state index contributed by atoms with van der Waals surface area (Å²) in [7, 11) is 1.94. The first-order valence-corrected chi connectivity index (χ1v) is 7.32. The molecule has 2 aliphatic heterocycles. The van der Waals surface area contributed by atoms with Gasteiger partial charge in [-0.25, -0.2) is 4.39 Å². The maximum atomic E-state index is 14.0. The molecule has 0 aliphatic carbocycles. The maximum Gasteiger partial charge on any atom is 0.145 e. The minimum atomic E-state index is -0.284. The van der Waals surface area contributed by atoms with E-state index in [0.717, 1.165) is 12.8 Å². The van der Waals surface area contributed by atoms with Crippen molar-refractivity contribution in [2.45, 2.75) is 43.9 Å². The van der Waals surface area contributed by atoms with Gasteiger partial charge in [0.25, 0.3) is 0 Å². The van der Waals surface area contributed by atoms with E-state index in [0.29, 0.717) is 30.1 Å². The van der Waals surface area contributed by atoms with Crippen LogP contribution in [0.4, 0.5) is 4.39 Å². The fraction of sp³-hybridized carbons (Fsp3) is 0.600. The largest absolute Gasteiger partial charge is 0.375 e. The monoisotopic (exact) mass is 283 g/mol. The number of fused-ring (bicyclic) bond motifs is 2. The molecular weight excluding hydrogens is 265 g/mol. The zero-order chi connectivity index (χ0) is 13.4. The Balaban J connectivity index is 1.75. The number of nitrogens with one attached hydrogen (secondary N) is 1. The number of hydrogen-bond donors (Lipinski definition) is 1. The van der Waals surface area contributed by atoms with Crippen LogP contribution in [0.1, 0.15) is 24.8 Å². The van der Waals surface area contributed by atoms with Crippen LogP contribution in [0.25, 0.3) is 0 Å². The van der Waals surface area contributed by atoms with E-state index in [1.807, 2.05) is 19.2 Å². The van der Waals surface area contributed by atoms with Gasteiger partial charge in [-0.05, 0) is 44.4 Å². The Morgan fingerprint density at radius 2 is 2.32 bits per heavy atom. The fourth-order valence-electron chi connectivity index (χ4n) is 3.51. The molecule has 4 unspecified atom stereocenters. The second kappa shape index (κ2) is 5.39. The SMILES string of the molecule is CNC(Cc1cccc(Cl)c1F)C1CC2CCC1O2. The third-order valence-electron chi connectivity index (χ3n) is 4.51. The number of likely N-dealkylation sites (N-methyl/N-ethyl adjacent to an activating group) is 1. The van der Waals surface area contributed by atoms with Crippen LogP contribution >= 0.6 is 11.6 Å². The third-order valence-corrected chi connectivity index (χ3v) is 4.80. The van der Waals surface area contributed by atoms with E-state index in [4.69, 9.17) is 16.3 Å². The zero-order valence-electron chi connectivity index (χ0n) is 11.0. The maximum absolute atomic E-state index is 14.0. The molecule has 2 fully saturated rings. The van der Waals surface area contributed by atoms with E-state index in [9.17, 15) is 4.39 Å². The first kappa shape index (κ1) is 13.3. The van der Waals surface area contributed by atoms with Crippen LogP contribution < -0.4 is 5.32 Å². The second-order valence-corrected chi connectivity index (χ2v) is 5.99. The van der Waals surface area contributed by atoms with Gasteiger partial charge in [-0.2, -0.15) is 0 Å². The molecule has 0 spiro atoms. The van der Waals surface area contributed by atoms with Gasteiger partial charge in [0.05, 0.1) is 17.2 Å². The highest BCUT2D eigenvalue weighted by molar-refractivity contribution is 6.30. The Morgan fingerprint density at radius 1 is 1.47 bits per heavy atom. The minimum Gasteiger partial charge on any atom is -0.375 e. The average Bonchev–Trinajstić information content (AvgIpc) is 3.03. The Labute approximate surface area is 118 Å². The summed E-state index contributed by atoms with van der Waals surface area (Å²) < 4.78 is 19.9. The smallest absolute Gasteiger partial charge is 0.145 e. The topological polar surface area (TPSA) is 21.3 Å². The summed E-state index contributed by atoms with van der Waals surface area (Å²) in [5, 5.41) is 3.54. The molecular formula is C15H19ClFNO. The van der Waals surface area contributed by atoms with Crippen molar-refractivity contribution in [3.63, 3.8) is 0 Å². The molecule has 2 aliphatic rings. The van der Waals surface area contributed by atoms with Crippen molar-refractivity contribution in [1.82, 2.24) is 5.32 Å². The summed E-state index contributed by atoms with van der Waals surface area (Å²) in [4.78, 5) is 0. The minimum absolute atomic E-state index is 0.205. The number of halogens is 2. The van der Waals surface area contributed by atoms with E-state index in [-0.39, 0.29) is 16.9 Å². The molecule has 4 heteroatoms. The number of ether oxygens (including phenoxy) is 1. The fourth-order valence-corrected chi connectivity index (χ4v) is 3.71. The van der Waals surface area contributed by atoms with Gasteiger partial charge in [0.15, 0.2) is 0 Å². The highest BCUT2D eigenvalue weighted by atomic mass is 35.5. The molecule has 1 N–H and O–H groups in total.